The Hall–Kier alpha value is -1.79. The maximum absolute atomic E-state index is 12.7. The summed E-state index contributed by atoms with van der Waals surface area (Å²) in [5, 5.41) is 9.06. The van der Waals surface area contributed by atoms with E-state index in [0.717, 1.165) is 5.75 Å². The maximum Gasteiger partial charge on any atom is 0.267 e. The molecular formula is C18H23NO4S. The molecule has 1 aromatic carbocycles. The first kappa shape index (κ1) is 18.5. The van der Waals surface area contributed by atoms with E-state index >= 15 is 0 Å². The Bertz CT molecular complexity index is 637. The van der Waals surface area contributed by atoms with Crippen molar-refractivity contribution in [2.75, 3.05) is 18.9 Å². The van der Waals surface area contributed by atoms with Gasteiger partial charge in [0, 0.05) is 12.3 Å². The summed E-state index contributed by atoms with van der Waals surface area (Å²) in [7, 11) is 0. The fourth-order valence-corrected chi connectivity index (χ4v) is 3.37. The predicted molar refractivity (Wildman–Crippen MR) is 95.7 cm³/mol. The molecule has 2 amide bonds. The van der Waals surface area contributed by atoms with Gasteiger partial charge in [-0.15, -0.1) is 11.8 Å². The van der Waals surface area contributed by atoms with Gasteiger partial charge in [0.2, 0.25) is 0 Å². The van der Waals surface area contributed by atoms with Gasteiger partial charge in [-0.2, -0.15) is 0 Å². The number of carbonyl (C=O) groups is 2. The van der Waals surface area contributed by atoms with Gasteiger partial charge >= 0.3 is 0 Å². The van der Waals surface area contributed by atoms with Gasteiger partial charge in [0.15, 0.2) is 0 Å². The summed E-state index contributed by atoms with van der Waals surface area (Å²) in [6.45, 7) is 6.18. The summed E-state index contributed by atoms with van der Waals surface area (Å²) >= 11 is 1.23. The quantitative estimate of drug-likeness (QED) is 0.731. The first-order chi connectivity index (χ1) is 11.5. The lowest BCUT2D eigenvalue weighted by Gasteiger charge is -2.13. The lowest BCUT2D eigenvalue weighted by molar-refractivity contribution is -0.136. The molecule has 0 bridgehead atoms. The summed E-state index contributed by atoms with van der Waals surface area (Å²) in [6, 6.07) is 7.20. The molecule has 130 valence electrons. The molecule has 0 fully saturated rings. The van der Waals surface area contributed by atoms with Crippen LogP contribution in [0.3, 0.4) is 0 Å². The van der Waals surface area contributed by atoms with Crippen LogP contribution in [0.2, 0.25) is 0 Å². The predicted octanol–water partition coefficient (Wildman–Crippen LogP) is 2.69. The molecule has 5 nitrogen and oxygen atoms in total. The van der Waals surface area contributed by atoms with E-state index in [9.17, 15) is 9.59 Å². The third-order valence-corrected chi connectivity index (χ3v) is 4.48. The first-order valence-electron chi connectivity index (χ1n) is 8.10. The van der Waals surface area contributed by atoms with Crippen molar-refractivity contribution in [1.82, 2.24) is 4.90 Å². The topological polar surface area (TPSA) is 66.8 Å². The van der Waals surface area contributed by atoms with Crippen LogP contribution in [0.1, 0.15) is 32.8 Å². The minimum atomic E-state index is -0.266. The highest BCUT2D eigenvalue weighted by atomic mass is 32.2. The Morgan fingerprint density at radius 1 is 1.17 bits per heavy atom. The largest absolute Gasteiger partial charge is 0.491 e. The number of ether oxygens (including phenoxy) is 1. The Balaban J connectivity index is 2.36. The van der Waals surface area contributed by atoms with Crippen molar-refractivity contribution in [3.05, 3.63) is 34.7 Å². The fourth-order valence-electron chi connectivity index (χ4n) is 2.49. The Morgan fingerprint density at radius 2 is 1.83 bits per heavy atom. The molecule has 1 aromatic rings. The van der Waals surface area contributed by atoms with Crippen LogP contribution in [0, 0.1) is 0 Å². The lowest BCUT2D eigenvalue weighted by Crippen LogP contribution is -2.32. The third-order valence-electron chi connectivity index (χ3n) is 3.43. The fraction of sp³-hybridized carbons (Fsp3) is 0.444. The normalized spacial score (nSPS) is 15.0. The zero-order valence-electron chi connectivity index (χ0n) is 14.2. The number of thioether (sulfide) groups is 1. The van der Waals surface area contributed by atoms with E-state index in [-0.39, 0.29) is 24.5 Å². The molecule has 2 rings (SSSR count). The highest BCUT2D eigenvalue weighted by Gasteiger charge is 2.38. The van der Waals surface area contributed by atoms with Gasteiger partial charge in [-0.25, -0.2) is 0 Å². The average Bonchev–Trinajstić information content (AvgIpc) is 2.78. The van der Waals surface area contributed by atoms with Gasteiger partial charge in [0.25, 0.3) is 11.8 Å². The average molecular weight is 349 g/mol. The third kappa shape index (κ3) is 3.99. The van der Waals surface area contributed by atoms with Crippen molar-refractivity contribution in [1.29, 1.82) is 0 Å². The molecule has 0 radical (unpaired) electrons. The van der Waals surface area contributed by atoms with Crippen molar-refractivity contribution in [2.24, 2.45) is 0 Å². The minimum Gasteiger partial charge on any atom is -0.491 e. The number of nitrogens with zero attached hydrogens (tertiary/aromatic N) is 1. The molecule has 0 atom stereocenters. The van der Waals surface area contributed by atoms with Crippen LogP contribution in [0.15, 0.2) is 29.2 Å². The number of amides is 2. The molecule has 0 aromatic heterocycles. The number of rotatable bonds is 8. The molecular weight excluding hydrogens is 326 g/mol. The number of hydrogen-bond acceptors (Lipinski definition) is 5. The zero-order chi connectivity index (χ0) is 17.7. The zero-order valence-corrected chi connectivity index (χ0v) is 15.1. The van der Waals surface area contributed by atoms with Crippen LogP contribution >= 0.6 is 11.8 Å². The van der Waals surface area contributed by atoms with Crippen LogP contribution in [-0.4, -0.2) is 46.8 Å². The Kier molecular flexibility index (Phi) is 6.45. The molecule has 1 aliphatic heterocycles. The van der Waals surface area contributed by atoms with Crippen molar-refractivity contribution in [3.63, 3.8) is 0 Å². The van der Waals surface area contributed by atoms with E-state index in [1.54, 1.807) is 24.3 Å². The molecule has 0 saturated carbocycles. The molecule has 1 N–H and O–H groups in total. The summed E-state index contributed by atoms with van der Waals surface area (Å²) in [5.74, 6) is 0.575. The summed E-state index contributed by atoms with van der Waals surface area (Å²) in [6.07, 6.45) is 0.782. The van der Waals surface area contributed by atoms with Crippen LogP contribution in [0.5, 0.6) is 5.75 Å². The number of aliphatic hydroxyl groups is 1. The lowest BCUT2D eigenvalue weighted by atomic mass is 10.1. The number of carbonyl (C=O) groups excluding carboxylic acids is 2. The number of benzene rings is 1. The molecule has 1 heterocycles. The van der Waals surface area contributed by atoms with E-state index < -0.39 is 0 Å². The number of aliphatic hydroxyl groups excluding tert-OH is 1. The smallest absolute Gasteiger partial charge is 0.267 e. The van der Waals surface area contributed by atoms with Crippen LogP contribution in [0.4, 0.5) is 0 Å². The second kappa shape index (κ2) is 8.35. The highest BCUT2D eigenvalue weighted by molar-refractivity contribution is 8.04. The molecule has 0 unspecified atom stereocenters. The summed E-state index contributed by atoms with van der Waals surface area (Å²) in [5.41, 5.74) is 1.12. The SMILES string of the molecule is CCCN1C(=O)C(SCCO)=C(c2ccc(OC(C)C)cc2)C1=O. The van der Waals surface area contributed by atoms with Crippen molar-refractivity contribution < 1.29 is 19.4 Å². The van der Waals surface area contributed by atoms with Gasteiger partial charge in [0.1, 0.15) is 5.75 Å². The molecule has 24 heavy (non-hydrogen) atoms. The van der Waals surface area contributed by atoms with Gasteiger partial charge in [-0.1, -0.05) is 19.1 Å². The van der Waals surface area contributed by atoms with Crippen LogP contribution < -0.4 is 4.74 Å². The van der Waals surface area contributed by atoms with Crippen LogP contribution in [0.25, 0.3) is 5.57 Å². The van der Waals surface area contributed by atoms with E-state index in [4.69, 9.17) is 9.84 Å². The maximum atomic E-state index is 12.7. The van der Waals surface area contributed by atoms with Crippen molar-refractivity contribution in [2.45, 2.75) is 33.3 Å². The Morgan fingerprint density at radius 3 is 2.38 bits per heavy atom. The molecule has 1 aliphatic rings. The molecule has 0 aliphatic carbocycles. The summed E-state index contributed by atoms with van der Waals surface area (Å²) in [4.78, 5) is 26.9. The molecule has 6 heteroatoms. The molecule has 0 saturated heterocycles. The van der Waals surface area contributed by atoms with E-state index in [1.807, 2.05) is 20.8 Å². The van der Waals surface area contributed by atoms with Crippen molar-refractivity contribution >= 4 is 29.1 Å². The first-order valence-corrected chi connectivity index (χ1v) is 9.09. The Labute approximate surface area is 146 Å². The van der Waals surface area contributed by atoms with E-state index in [1.165, 1.54) is 16.7 Å². The second-order valence-corrected chi connectivity index (χ2v) is 6.83. The monoisotopic (exact) mass is 349 g/mol. The second-order valence-electron chi connectivity index (χ2n) is 5.73. The summed E-state index contributed by atoms with van der Waals surface area (Å²) < 4.78 is 5.61. The van der Waals surface area contributed by atoms with E-state index in [0.29, 0.717) is 34.8 Å². The van der Waals surface area contributed by atoms with E-state index in [2.05, 4.69) is 0 Å². The molecule has 0 spiro atoms. The van der Waals surface area contributed by atoms with Gasteiger partial charge in [-0.05, 0) is 38.0 Å². The number of imide groups is 1. The van der Waals surface area contributed by atoms with Gasteiger partial charge in [-0.3, -0.25) is 14.5 Å². The highest BCUT2D eigenvalue weighted by Crippen LogP contribution is 2.36. The van der Waals surface area contributed by atoms with Gasteiger partial charge in [0.05, 0.1) is 23.2 Å². The minimum absolute atomic E-state index is 0.0438. The standard InChI is InChI=1S/C18H23NO4S/c1-4-9-19-17(21)15(16(18(19)22)24-11-10-20)13-5-7-14(8-6-13)23-12(2)3/h5-8,12,20H,4,9-11H2,1-3H3. The van der Waals surface area contributed by atoms with Crippen LogP contribution in [-0.2, 0) is 9.59 Å². The number of hydrogen-bond donors (Lipinski definition) is 1. The van der Waals surface area contributed by atoms with Gasteiger partial charge < -0.3 is 9.84 Å². The van der Waals surface area contributed by atoms with Crippen molar-refractivity contribution in [3.8, 4) is 5.75 Å².